The minimum atomic E-state index is 0.399. The fraction of sp³-hybridized carbons (Fsp3) is 0.333. The summed E-state index contributed by atoms with van der Waals surface area (Å²) in [4.78, 5) is 12.0. The van der Waals surface area contributed by atoms with Crippen molar-refractivity contribution in [2.24, 2.45) is 0 Å². The van der Waals surface area contributed by atoms with Gasteiger partial charge in [0.1, 0.15) is 22.4 Å². The summed E-state index contributed by atoms with van der Waals surface area (Å²) in [5.41, 5.74) is 5.63. The third-order valence-electron chi connectivity index (χ3n) is 2.02. The van der Waals surface area contributed by atoms with Crippen LogP contribution in [-0.4, -0.2) is 26.7 Å². The second kappa shape index (κ2) is 5.09. The van der Waals surface area contributed by atoms with Crippen LogP contribution < -0.4 is 11.1 Å². The molecule has 0 amide bonds. The highest BCUT2D eigenvalue weighted by molar-refractivity contribution is 9.10. The number of hydrogen-bond donors (Lipinski definition) is 2. The summed E-state index contributed by atoms with van der Waals surface area (Å²) in [6.07, 6.45) is 2.02. The monoisotopic (exact) mass is 298 g/mol. The van der Waals surface area contributed by atoms with Crippen LogP contribution in [0, 0.1) is 6.92 Å². The maximum atomic E-state index is 5.63. The van der Waals surface area contributed by atoms with Gasteiger partial charge in [0.25, 0.3) is 0 Å². The van der Waals surface area contributed by atoms with Gasteiger partial charge in [-0.15, -0.1) is 0 Å². The molecular formula is C9H11BrN6O. The minimum Gasteiger partial charge on any atom is -0.383 e. The van der Waals surface area contributed by atoms with Crippen molar-refractivity contribution in [3.8, 4) is 0 Å². The molecule has 2 aromatic heterocycles. The van der Waals surface area contributed by atoms with Gasteiger partial charge in [0.2, 0.25) is 5.89 Å². The molecule has 90 valence electrons. The van der Waals surface area contributed by atoms with Crippen molar-refractivity contribution in [3.05, 3.63) is 22.5 Å². The maximum absolute atomic E-state index is 5.63. The number of nitrogens with two attached hydrogens (primary N) is 1. The largest absolute Gasteiger partial charge is 0.383 e. The molecule has 0 saturated carbocycles. The number of aryl methyl sites for hydroxylation is 1. The molecule has 0 saturated heterocycles. The number of nitrogen functional groups attached to an aromatic ring is 1. The van der Waals surface area contributed by atoms with Gasteiger partial charge >= 0.3 is 0 Å². The summed E-state index contributed by atoms with van der Waals surface area (Å²) >= 11 is 3.31. The second-order valence-electron chi connectivity index (χ2n) is 3.33. The van der Waals surface area contributed by atoms with Crippen LogP contribution >= 0.6 is 15.9 Å². The Hall–Kier alpha value is -1.70. The molecule has 0 atom stereocenters. The molecule has 0 radical (unpaired) electrons. The van der Waals surface area contributed by atoms with Crippen LogP contribution in [0.1, 0.15) is 11.7 Å². The Kier molecular flexibility index (Phi) is 3.52. The molecule has 7 nitrogen and oxygen atoms in total. The van der Waals surface area contributed by atoms with Gasteiger partial charge in [-0.1, -0.05) is 5.16 Å². The van der Waals surface area contributed by atoms with Crippen LogP contribution in [0.5, 0.6) is 0 Å². The van der Waals surface area contributed by atoms with Gasteiger partial charge in [-0.2, -0.15) is 4.98 Å². The highest BCUT2D eigenvalue weighted by Crippen LogP contribution is 2.23. The highest BCUT2D eigenvalue weighted by atomic mass is 79.9. The normalized spacial score (nSPS) is 10.5. The van der Waals surface area contributed by atoms with Gasteiger partial charge < -0.3 is 15.6 Å². The van der Waals surface area contributed by atoms with E-state index in [-0.39, 0.29) is 0 Å². The third-order valence-corrected chi connectivity index (χ3v) is 2.80. The molecule has 0 spiro atoms. The summed E-state index contributed by atoms with van der Waals surface area (Å²) < 4.78 is 5.64. The highest BCUT2D eigenvalue weighted by Gasteiger charge is 2.06. The minimum absolute atomic E-state index is 0.399. The number of rotatable bonds is 4. The lowest BCUT2D eigenvalue weighted by Gasteiger charge is -2.06. The van der Waals surface area contributed by atoms with Gasteiger partial charge in [-0.3, -0.25) is 0 Å². The molecule has 0 bridgehead atoms. The Labute approximate surface area is 106 Å². The zero-order valence-corrected chi connectivity index (χ0v) is 10.7. The second-order valence-corrected chi connectivity index (χ2v) is 4.13. The van der Waals surface area contributed by atoms with E-state index >= 15 is 0 Å². The summed E-state index contributed by atoms with van der Waals surface area (Å²) in [5.74, 6) is 2.27. The number of aromatic nitrogens is 4. The fourth-order valence-corrected chi connectivity index (χ4v) is 1.58. The molecule has 8 heteroatoms. The summed E-state index contributed by atoms with van der Waals surface area (Å²) in [6, 6.07) is 0. The molecule has 0 aromatic carbocycles. The van der Waals surface area contributed by atoms with Crippen molar-refractivity contribution in [2.45, 2.75) is 13.3 Å². The zero-order chi connectivity index (χ0) is 12.3. The molecule has 0 fully saturated rings. The van der Waals surface area contributed by atoms with E-state index in [1.54, 1.807) is 6.92 Å². The van der Waals surface area contributed by atoms with Gasteiger partial charge in [0.15, 0.2) is 5.82 Å². The lowest BCUT2D eigenvalue weighted by atomic mass is 10.4. The first-order valence-electron chi connectivity index (χ1n) is 4.96. The van der Waals surface area contributed by atoms with Crippen molar-refractivity contribution in [3.63, 3.8) is 0 Å². The summed E-state index contributed by atoms with van der Waals surface area (Å²) in [7, 11) is 0. The van der Waals surface area contributed by atoms with Crippen molar-refractivity contribution in [2.75, 3.05) is 17.6 Å². The van der Waals surface area contributed by atoms with Gasteiger partial charge in [0.05, 0.1) is 0 Å². The Morgan fingerprint density at radius 2 is 2.29 bits per heavy atom. The van der Waals surface area contributed by atoms with Crippen LogP contribution in [0.3, 0.4) is 0 Å². The Morgan fingerprint density at radius 1 is 1.47 bits per heavy atom. The average Bonchev–Trinajstić information content (AvgIpc) is 2.70. The van der Waals surface area contributed by atoms with Crippen LogP contribution in [0.15, 0.2) is 15.3 Å². The molecule has 2 heterocycles. The molecule has 2 rings (SSSR count). The third kappa shape index (κ3) is 2.90. The number of halogens is 1. The van der Waals surface area contributed by atoms with Crippen molar-refractivity contribution in [1.29, 1.82) is 0 Å². The Balaban J connectivity index is 1.92. The Bertz CT molecular complexity index is 514. The molecule has 0 aliphatic carbocycles. The average molecular weight is 299 g/mol. The molecule has 2 aromatic rings. The topological polar surface area (TPSA) is 103 Å². The van der Waals surface area contributed by atoms with E-state index in [0.717, 1.165) is 0 Å². The Morgan fingerprint density at radius 3 is 3.00 bits per heavy atom. The van der Waals surface area contributed by atoms with Gasteiger partial charge in [0, 0.05) is 13.0 Å². The van der Waals surface area contributed by atoms with Crippen LogP contribution in [0.4, 0.5) is 11.6 Å². The standard InChI is InChI=1S/C9H11BrN6O/c1-5-15-6(17-16-5)2-3-12-9-7(10)8(11)13-4-14-9/h4H,2-3H2,1H3,(H3,11,12,13,14). The summed E-state index contributed by atoms with van der Waals surface area (Å²) in [6.45, 7) is 2.40. The van der Waals surface area contributed by atoms with E-state index < -0.39 is 0 Å². The molecule has 0 unspecified atom stereocenters. The quantitative estimate of drug-likeness (QED) is 0.873. The molecule has 17 heavy (non-hydrogen) atoms. The van der Waals surface area contributed by atoms with Gasteiger partial charge in [-0.05, 0) is 22.9 Å². The van der Waals surface area contributed by atoms with Gasteiger partial charge in [-0.25, -0.2) is 9.97 Å². The number of anilines is 2. The number of hydrogen-bond acceptors (Lipinski definition) is 7. The maximum Gasteiger partial charge on any atom is 0.228 e. The first-order valence-corrected chi connectivity index (χ1v) is 5.75. The predicted octanol–water partition coefficient (Wildman–Crippen LogP) is 1.17. The SMILES string of the molecule is Cc1noc(CCNc2ncnc(N)c2Br)n1. The predicted molar refractivity (Wildman–Crippen MR) is 65.4 cm³/mol. The van der Waals surface area contributed by atoms with Crippen molar-refractivity contribution >= 4 is 27.6 Å². The fourth-order valence-electron chi connectivity index (χ4n) is 1.24. The number of nitrogens with one attached hydrogen (secondary N) is 1. The molecule has 3 N–H and O–H groups in total. The van der Waals surface area contributed by atoms with E-state index in [1.807, 2.05) is 0 Å². The van der Waals surface area contributed by atoms with Crippen LogP contribution in [-0.2, 0) is 6.42 Å². The molecule has 0 aliphatic heterocycles. The lowest BCUT2D eigenvalue weighted by Crippen LogP contribution is -2.08. The molecular weight excluding hydrogens is 288 g/mol. The van der Waals surface area contributed by atoms with E-state index in [4.69, 9.17) is 10.3 Å². The molecule has 0 aliphatic rings. The summed E-state index contributed by atoms with van der Waals surface area (Å²) in [5, 5.41) is 6.81. The van der Waals surface area contributed by atoms with E-state index in [0.29, 0.717) is 40.8 Å². The first-order chi connectivity index (χ1) is 8.16. The zero-order valence-electron chi connectivity index (χ0n) is 9.14. The van der Waals surface area contributed by atoms with E-state index in [9.17, 15) is 0 Å². The van der Waals surface area contributed by atoms with Crippen molar-refractivity contribution in [1.82, 2.24) is 20.1 Å². The van der Waals surface area contributed by atoms with Crippen molar-refractivity contribution < 1.29 is 4.52 Å². The number of nitrogens with zero attached hydrogens (tertiary/aromatic N) is 4. The van der Waals surface area contributed by atoms with Crippen LogP contribution in [0.25, 0.3) is 0 Å². The smallest absolute Gasteiger partial charge is 0.228 e. The first kappa shape index (κ1) is 11.8. The lowest BCUT2D eigenvalue weighted by molar-refractivity contribution is 0.377. The van der Waals surface area contributed by atoms with Crippen LogP contribution in [0.2, 0.25) is 0 Å². The van der Waals surface area contributed by atoms with E-state index in [2.05, 4.69) is 41.4 Å². The van der Waals surface area contributed by atoms with E-state index in [1.165, 1.54) is 6.33 Å².